The number of carbonyl (C=O) groups excluding carboxylic acids is 1. The van der Waals surface area contributed by atoms with Crippen LogP contribution in [0.1, 0.15) is 38.8 Å². The Labute approximate surface area is 176 Å². The second-order valence-corrected chi connectivity index (χ2v) is 9.23. The number of nitrogens with zero attached hydrogens (tertiary/aromatic N) is 4. The monoisotopic (exact) mass is 414 g/mol. The summed E-state index contributed by atoms with van der Waals surface area (Å²) >= 11 is 0. The lowest BCUT2D eigenvalue weighted by molar-refractivity contribution is -0.141. The smallest absolute Gasteiger partial charge is 0.303 e. The van der Waals surface area contributed by atoms with Crippen LogP contribution in [0.5, 0.6) is 0 Å². The molecular formula is C22H30N4O4. The van der Waals surface area contributed by atoms with E-state index in [-0.39, 0.29) is 25.3 Å². The van der Waals surface area contributed by atoms with Crippen LogP contribution in [0.3, 0.4) is 0 Å². The standard InChI is InChI=1S/C22H30N4O4/c1-15-9-18(16-12-23-7-5-17(16)24-15)26-8-6-22(30,14-26)13-25(4)19(27)10-21(2,3)11-20(28)29/h5,7,9,12,30H,6,8,10-11,13-14H2,1-4H3,(H,28,29)/t22-/m0/s1. The van der Waals surface area contributed by atoms with E-state index in [1.54, 1.807) is 33.3 Å². The van der Waals surface area contributed by atoms with Crippen LogP contribution in [-0.2, 0) is 9.59 Å². The van der Waals surface area contributed by atoms with E-state index in [4.69, 9.17) is 5.11 Å². The number of hydrogen-bond acceptors (Lipinski definition) is 6. The first-order chi connectivity index (χ1) is 14.0. The number of aryl methyl sites for hydroxylation is 1. The van der Waals surface area contributed by atoms with Crippen molar-refractivity contribution in [3.63, 3.8) is 0 Å². The van der Waals surface area contributed by atoms with Crippen LogP contribution in [0.15, 0.2) is 24.5 Å². The molecule has 1 aliphatic rings. The Morgan fingerprint density at radius 1 is 1.33 bits per heavy atom. The lowest BCUT2D eigenvalue weighted by Gasteiger charge is -2.31. The van der Waals surface area contributed by atoms with E-state index in [1.165, 1.54) is 4.90 Å². The summed E-state index contributed by atoms with van der Waals surface area (Å²) in [5, 5.41) is 21.1. The Morgan fingerprint density at radius 2 is 2.07 bits per heavy atom. The first kappa shape index (κ1) is 22.0. The third-order valence-corrected chi connectivity index (χ3v) is 5.61. The molecule has 0 bridgehead atoms. The first-order valence-electron chi connectivity index (χ1n) is 10.1. The van der Waals surface area contributed by atoms with E-state index in [0.717, 1.165) is 22.3 Å². The molecule has 1 fully saturated rings. The van der Waals surface area contributed by atoms with Crippen molar-refractivity contribution < 1.29 is 19.8 Å². The Bertz CT molecular complexity index is 961. The Kier molecular flexibility index (Phi) is 5.99. The fraction of sp³-hybridized carbons (Fsp3) is 0.545. The lowest BCUT2D eigenvalue weighted by Crippen LogP contribution is -2.46. The van der Waals surface area contributed by atoms with Gasteiger partial charge in [0.05, 0.1) is 18.5 Å². The fourth-order valence-electron chi connectivity index (χ4n) is 4.18. The number of rotatable bonds is 7. The number of aromatic nitrogens is 2. The summed E-state index contributed by atoms with van der Waals surface area (Å²) in [6.45, 7) is 6.74. The van der Waals surface area contributed by atoms with E-state index in [9.17, 15) is 14.7 Å². The van der Waals surface area contributed by atoms with Crippen molar-refractivity contribution in [2.24, 2.45) is 5.41 Å². The summed E-state index contributed by atoms with van der Waals surface area (Å²) in [6.07, 6.45) is 4.08. The number of aliphatic carboxylic acids is 1. The zero-order valence-electron chi connectivity index (χ0n) is 18.1. The van der Waals surface area contributed by atoms with Crippen LogP contribution in [0.4, 0.5) is 5.69 Å². The average Bonchev–Trinajstić information content (AvgIpc) is 3.01. The number of carboxylic acid groups (broad SMARTS) is 1. The van der Waals surface area contributed by atoms with E-state index >= 15 is 0 Å². The highest BCUT2D eigenvalue weighted by atomic mass is 16.4. The SMILES string of the molecule is Cc1cc(N2CC[C@](O)(CN(C)C(=O)CC(C)(C)CC(=O)O)C2)c2cnccc2n1. The zero-order chi connectivity index (χ0) is 22.1. The van der Waals surface area contributed by atoms with Gasteiger partial charge in [-0.2, -0.15) is 0 Å². The van der Waals surface area contributed by atoms with Crippen LogP contribution in [-0.4, -0.2) is 69.2 Å². The molecule has 1 saturated heterocycles. The number of carboxylic acids is 1. The number of pyridine rings is 2. The van der Waals surface area contributed by atoms with Crippen LogP contribution >= 0.6 is 0 Å². The highest BCUT2D eigenvalue weighted by Crippen LogP contribution is 2.33. The van der Waals surface area contributed by atoms with Gasteiger partial charge in [0.25, 0.3) is 0 Å². The number of amides is 1. The molecule has 2 aromatic heterocycles. The zero-order valence-corrected chi connectivity index (χ0v) is 18.1. The van der Waals surface area contributed by atoms with Gasteiger partial charge in [-0.25, -0.2) is 0 Å². The van der Waals surface area contributed by atoms with Crippen molar-refractivity contribution in [3.05, 3.63) is 30.2 Å². The second-order valence-electron chi connectivity index (χ2n) is 9.23. The van der Waals surface area contributed by atoms with Crippen molar-refractivity contribution in [1.82, 2.24) is 14.9 Å². The van der Waals surface area contributed by atoms with E-state index in [0.29, 0.717) is 19.5 Å². The van der Waals surface area contributed by atoms with E-state index < -0.39 is 17.0 Å². The average molecular weight is 415 g/mol. The Hall–Kier alpha value is -2.74. The van der Waals surface area contributed by atoms with Crippen LogP contribution < -0.4 is 4.90 Å². The number of likely N-dealkylation sites (N-methyl/N-ethyl adjacent to an activating group) is 1. The maximum atomic E-state index is 12.6. The minimum Gasteiger partial charge on any atom is -0.481 e. The summed E-state index contributed by atoms with van der Waals surface area (Å²) in [5.41, 5.74) is 1.07. The molecule has 2 N–H and O–H groups in total. The maximum Gasteiger partial charge on any atom is 0.303 e. The van der Waals surface area contributed by atoms with Crippen molar-refractivity contribution in [2.45, 2.75) is 45.6 Å². The number of aliphatic hydroxyl groups is 1. The molecule has 8 heteroatoms. The quantitative estimate of drug-likeness (QED) is 0.715. The van der Waals surface area contributed by atoms with Gasteiger partial charge in [0, 0.05) is 55.7 Å². The molecule has 0 saturated carbocycles. The molecule has 30 heavy (non-hydrogen) atoms. The van der Waals surface area contributed by atoms with Crippen molar-refractivity contribution >= 4 is 28.5 Å². The van der Waals surface area contributed by atoms with Gasteiger partial charge in [0.15, 0.2) is 0 Å². The van der Waals surface area contributed by atoms with E-state index in [1.807, 2.05) is 19.1 Å². The van der Waals surface area contributed by atoms with Gasteiger partial charge in [-0.15, -0.1) is 0 Å². The Morgan fingerprint density at radius 3 is 2.77 bits per heavy atom. The molecule has 8 nitrogen and oxygen atoms in total. The summed E-state index contributed by atoms with van der Waals surface area (Å²) in [7, 11) is 1.66. The molecule has 162 valence electrons. The number of fused-ring (bicyclic) bond motifs is 1. The van der Waals surface area contributed by atoms with Crippen molar-refractivity contribution in [2.75, 3.05) is 31.6 Å². The molecule has 3 heterocycles. The molecule has 2 aromatic rings. The van der Waals surface area contributed by atoms with Crippen molar-refractivity contribution in [3.8, 4) is 0 Å². The molecule has 1 aliphatic heterocycles. The fourth-order valence-corrected chi connectivity index (χ4v) is 4.18. The van der Waals surface area contributed by atoms with Crippen molar-refractivity contribution in [1.29, 1.82) is 0 Å². The molecule has 0 radical (unpaired) electrons. The minimum atomic E-state index is -1.03. The molecule has 0 unspecified atom stereocenters. The van der Waals surface area contributed by atoms with Gasteiger partial charge >= 0.3 is 5.97 Å². The molecule has 0 aromatic carbocycles. The molecule has 1 atom stereocenters. The highest BCUT2D eigenvalue weighted by Gasteiger charge is 2.39. The number of carbonyl (C=O) groups is 2. The maximum absolute atomic E-state index is 12.6. The number of β-amino-alcohol motifs (C(OH)–C–C–N with tert-alkyl or cyclic N) is 1. The van der Waals surface area contributed by atoms with Gasteiger partial charge < -0.3 is 20.0 Å². The number of hydrogen-bond donors (Lipinski definition) is 2. The van der Waals surface area contributed by atoms with E-state index in [2.05, 4.69) is 14.9 Å². The van der Waals surface area contributed by atoms with Gasteiger partial charge in [0.1, 0.15) is 5.60 Å². The van der Waals surface area contributed by atoms with Crippen LogP contribution in [0.25, 0.3) is 10.9 Å². The molecule has 0 spiro atoms. The number of anilines is 1. The minimum absolute atomic E-state index is 0.0763. The Balaban J connectivity index is 1.70. The van der Waals surface area contributed by atoms with Gasteiger partial charge in [-0.05, 0) is 30.9 Å². The topological polar surface area (TPSA) is 107 Å². The molecule has 0 aliphatic carbocycles. The predicted octanol–water partition coefficient (Wildman–Crippen LogP) is 2.23. The first-order valence-corrected chi connectivity index (χ1v) is 10.1. The summed E-state index contributed by atoms with van der Waals surface area (Å²) in [6, 6.07) is 3.87. The third-order valence-electron chi connectivity index (χ3n) is 5.61. The largest absolute Gasteiger partial charge is 0.481 e. The van der Waals surface area contributed by atoms with Gasteiger partial charge in [-0.3, -0.25) is 19.6 Å². The summed E-state index contributed by atoms with van der Waals surface area (Å²) < 4.78 is 0. The van der Waals surface area contributed by atoms with Crippen LogP contribution in [0, 0.1) is 12.3 Å². The molecular weight excluding hydrogens is 384 g/mol. The highest BCUT2D eigenvalue weighted by molar-refractivity contribution is 5.91. The summed E-state index contributed by atoms with van der Waals surface area (Å²) in [5.74, 6) is -1.09. The summed E-state index contributed by atoms with van der Waals surface area (Å²) in [4.78, 5) is 36.0. The third kappa shape index (κ3) is 5.05. The predicted molar refractivity (Wildman–Crippen MR) is 114 cm³/mol. The van der Waals surface area contributed by atoms with Gasteiger partial charge in [-0.1, -0.05) is 13.8 Å². The molecule has 1 amide bonds. The van der Waals surface area contributed by atoms with Gasteiger partial charge in [0.2, 0.25) is 5.91 Å². The molecule has 3 rings (SSSR count). The lowest BCUT2D eigenvalue weighted by atomic mass is 9.85. The van der Waals surface area contributed by atoms with Crippen LogP contribution in [0.2, 0.25) is 0 Å². The normalized spacial score (nSPS) is 19.3. The second kappa shape index (κ2) is 8.18.